The minimum atomic E-state index is -0.473. The van der Waals surface area contributed by atoms with E-state index in [9.17, 15) is 9.90 Å². The molecule has 0 spiro atoms. The summed E-state index contributed by atoms with van der Waals surface area (Å²) in [4.78, 5) is 25.9. The van der Waals surface area contributed by atoms with E-state index in [4.69, 9.17) is 19.2 Å². The number of aliphatic hydroxyl groups excluding tert-OH is 1. The first-order chi connectivity index (χ1) is 22.2. The lowest BCUT2D eigenvalue weighted by atomic mass is 9.98. The maximum Gasteiger partial charge on any atom is 0.410 e. The first-order valence-corrected chi connectivity index (χ1v) is 16.9. The molecule has 2 saturated heterocycles. The van der Waals surface area contributed by atoms with E-state index in [0.29, 0.717) is 57.3 Å². The van der Waals surface area contributed by atoms with E-state index in [-0.39, 0.29) is 12.7 Å². The minimum Gasteiger partial charge on any atom is -0.475 e. The van der Waals surface area contributed by atoms with Crippen molar-refractivity contribution in [2.45, 2.75) is 90.8 Å². The van der Waals surface area contributed by atoms with Crippen molar-refractivity contribution < 1.29 is 24.1 Å². The number of aliphatic hydroxyl groups is 1. The summed E-state index contributed by atoms with van der Waals surface area (Å²) >= 11 is 0. The Morgan fingerprint density at radius 3 is 2.63 bits per heavy atom. The average Bonchev–Trinajstić information content (AvgIpc) is 3.47. The van der Waals surface area contributed by atoms with Crippen LogP contribution in [0.5, 0.6) is 5.88 Å². The molecule has 252 valence electrons. The van der Waals surface area contributed by atoms with Crippen molar-refractivity contribution in [3.8, 4) is 5.88 Å². The highest BCUT2D eigenvalue weighted by molar-refractivity contribution is 5.68. The molecule has 1 amide bonds. The number of hydrogen-bond acceptors (Lipinski definition) is 10. The van der Waals surface area contributed by atoms with Gasteiger partial charge in [-0.25, -0.2) is 14.8 Å². The van der Waals surface area contributed by atoms with E-state index in [1.165, 1.54) is 6.42 Å². The van der Waals surface area contributed by atoms with E-state index in [1.54, 1.807) is 4.90 Å². The Bertz CT molecular complexity index is 1400. The smallest absolute Gasteiger partial charge is 0.410 e. The Balaban J connectivity index is 1.08. The molecule has 2 aliphatic rings. The first kappa shape index (κ1) is 33.7. The van der Waals surface area contributed by atoms with E-state index in [1.807, 2.05) is 49.8 Å². The Labute approximate surface area is 272 Å². The number of ether oxygens (including phenoxy) is 3. The number of amides is 1. The molecule has 3 aromatic heterocycles. The standard InChI is InChI=1S/C34H51N7O5/c1-5-27-23-37-41-29(20-30(38-32(27)41)40-14-7-6-8-28(40)13-17-42)35-21-26-9-10-31(36-22-26)45-19-18-44-24-25-11-15-39(16-12-25)33(43)46-34(2,3)4/h9-10,20,22-23,25,28,35,42H,5-8,11-19,21,24H2,1-4H3. The van der Waals surface area contributed by atoms with E-state index in [2.05, 4.69) is 33.3 Å². The van der Waals surface area contributed by atoms with Crippen LogP contribution in [0.2, 0.25) is 0 Å². The molecule has 1 unspecified atom stereocenters. The number of anilines is 2. The molecule has 0 bridgehead atoms. The quantitative estimate of drug-likeness (QED) is 0.245. The van der Waals surface area contributed by atoms with Crippen molar-refractivity contribution in [3.05, 3.63) is 41.7 Å². The SMILES string of the molecule is CCc1cnn2c(NCc3ccc(OCCOCC4CCN(C(=O)OC(C)(C)C)CC4)nc3)cc(N3CCCCC3CCO)nc12. The van der Waals surface area contributed by atoms with E-state index < -0.39 is 5.60 Å². The zero-order valence-electron chi connectivity index (χ0n) is 27.9. The van der Waals surface area contributed by atoms with Crippen LogP contribution in [0.15, 0.2) is 30.6 Å². The second-order valence-corrected chi connectivity index (χ2v) is 13.3. The number of nitrogens with one attached hydrogen (secondary N) is 1. The average molecular weight is 638 g/mol. The molecule has 0 aromatic carbocycles. The molecule has 0 aliphatic carbocycles. The van der Waals surface area contributed by atoms with Gasteiger partial charge in [0.05, 0.1) is 12.8 Å². The zero-order chi connectivity index (χ0) is 32.5. The topological polar surface area (TPSA) is 127 Å². The summed E-state index contributed by atoms with van der Waals surface area (Å²) in [5.41, 5.74) is 2.52. The normalized spacial score (nSPS) is 17.8. The summed E-state index contributed by atoms with van der Waals surface area (Å²) in [7, 11) is 0. The van der Waals surface area contributed by atoms with Crippen LogP contribution in [-0.4, -0.2) is 93.4 Å². The third-order valence-electron chi connectivity index (χ3n) is 8.66. The number of hydrogen-bond donors (Lipinski definition) is 2. The highest BCUT2D eigenvalue weighted by Crippen LogP contribution is 2.29. The highest BCUT2D eigenvalue weighted by Gasteiger charge is 2.27. The molecule has 0 saturated carbocycles. The molecule has 12 heteroatoms. The van der Waals surface area contributed by atoms with Crippen molar-refractivity contribution in [2.75, 3.05) is 56.3 Å². The summed E-state index contributed by atoms with van der Waals surface area (Å²) in [6.07, 6.45) is 10.3. The third-order valence-corrected chi connectivity index (χ3v) is 8.66. The van der Waals surface area contributed by atoms with Gasteiger partial charge in [0.25, 0.3) is 0 Å². The summed E-state index contributed by atoms with van der Waals surface area (Å²) in [5.74, 6) is 2.80. The van der Waals surface area contributed by atoms with Crippen LogP contribution >= 0.6 is 0 Å². The second-order valence-electron chi connectivity index (χ2n) is 13.3. The van der Waals surface area contributed by atoms with Gasteiger partial charge < -0.3 is 34.4 Å². The number of carbonyl (C=O) groups excluding carboxylic acids is 1. The lowest BCUT2D eigenvalue weighted by molar-refractivity contribution is 0.00997. The maximum atomic E-state index is 12.3. The van der Waals surface area contributed by atoms with Crippen molar-refractivity contribution in [2.24, 2.45) is 5.92 Å². The molecule has 12 nitrogen and oxygen atoms in total. The zero-order valence-corrected chi connectivity index (χ0v) is 27.9. The molecule has 2 N–H and O–H groups in total. The van der Waals surface area contributed by atoms with Crippen molar-refractivity contribution in [3.63, 3.8) is 0 Å². The monoisotopic (exact) mass is 637 g/mol. The molecule has 5 rings (SSSR count). The van der Waals surface area contributed by atoms with Gasteiger partial charge in [-0.3, -0.25) is 0 Å². The number of aryl methyl sites for hydroxylation is 1. The fraction of sp³-hybridized carbons (Fsp3) is 0.647. The lowest BCUT2D eigenvalue weighted by Gasteiger charge is -2.36. The maximum absolute atomic E-state index is 12.3. The molecule has 2 aliphatic heterocycles. The van der Waals surface area contributed by atoms with Gasteiger partial charge in [0.1, 0.15) is 23.8 Å². The summed E-state index contributed by atoms with van der Waals surface area (Å²) < 4.78 is 19.1. The number of aromatic nitrogens is 4. The number of piperidine rings is 2. The Hall–Kier alpha value is -3.64. The highest BCUT2D eigenvalue weighted by atomic mass is 16.6. The fourth-order valence-corrected chi connectivity index (χ4v) is 6.13. The van der Waals surface area contributed by atoms with Gasteiger partial charge in [-0.1, -0.05) is 13.0 Å². The number of carbonyl (C=O) groups is 1. The number of nitrogens with zero attached hydrogens (tertiary/aromatic N) is 6. The molecular weight excluding hydrogens is 586 g/mol. The number of pyridine rings is 1. The van der Waals surface area contributed by atoms with Gasteiger partial charge in [0.15, 0.2) is 5.65 Å². The van der Waals surface area contributed by atoms with Crippen molar-refractivity contribution >= 4 is 23.4 Å². The second kappa shape index (κ2) is 15.8. The third kappa shape index (κ3) is 9.00. The van der Waals surface area contributed by atoms with Crippen LogP contribution in [0.3, 0.4) is 0 Å². The van der Waals surface area contributed by atoms with Gasteiger partial charge in [-0.15, -0.1) is 0 Å². The molecular formula is C34H51N7O5. The van der Waals surface area contributed by atoms with Crippen molar-refractivity contribution in [1.82, 2.24) is 24.5 Å². The Morgan fingerprint density at radius 2 is 1.91 bits per heavy atom. The largest absolute Gasteiger partial charge is 0.475 e. The van der Waals surface area contributed by atoms with Crippen LogP contribution < -0.4 is 15.0 Å². The summed E-state index contributed by atoms with van der Waals surface area (Å²) in [6, 6.07) is 6.26. The molecule has 46 heavy (non-hydrogen) atoms. The van der Waals surface area contributed by atoms with E-state index in [0.717, 1.165) is 73.5 Å². The molecule has 1 atom stereocenters. The fourth-order valence-electron chi connectivity index (χ4n) is 6.13. The van der Waals surface area contributed by atoms with Crippen LogP contribution in [-0.2, 0) is 22.4 Å². The predicted molar refractivity (Wildman–Crippen MR) is 177 cm³/mol. The van der Waals surface area contributed by atoms with Gasteiger partial charge in [0.2, 0.25) is 5.88 Å². The number of likely N-dealkylation sites (tertiary alicyclic amines) is 1. The number of fused-ring (bicyclic) bond motifs is 1. The van der Waals surface area contributed by atoms with Crippen LogP contribution in [0.1, 0.15) is 77.3 Å². The minimum absolute atomic E-state index is 0.180. The molecule has 2 fully saturated rings. The first-order valence-electron chi connectivity index (χ1n) is 16.9. The number of rotatable bonds is 13. The predicted octanol–water partition coefficient (Wildman–Crippen LogP) is 5.08. The van der Waals surface area contributed by atoms with Gasteiger partial charge in [-0.05, 0) is 77.2 Å². The van der Waals surface area contributed by atoms with Crippen LogP contribution in [0.25, 0.3) is 5.65 Å². The van der Waals surface area contributed by atoms with Crippen LogP contribution in [0.4, 0.5) is 16.4 Å². The Morgan fingerprint density at radius 1 is 1.09 bits per heavy atom. The molecule has 3 aromatic rings. The van der Waals surface area contributed by atoms with Gasteiger partial charge in [-0.2, -0.15) is 9.61 Å². The van der Waals surface area contributed by atoms with Gasteiger partial charge in [0, 0.05) is 69.3 Å². The van der Waals surface area contributed by atoms with Gasteiger partial charge >= 0.3 is 6.09 Å². The summed E-state index contributed by atoms with van der Waals surface area (Å²) in [6.45, 7) is 12.4. The van der Waals surface area contributed by atoms with Crippen LogP contribution in [0, 0.1) is 5.92 Å². The molecule has 5 heterocycles. The lowest BCUT2D eigenvalue weighted by Crippen LogP contribution is -2.42. The van der Waals surface area contributed by atoms with E-state index >= 15 is 0 Å². The Kier molecular flexibility index (Phi) is 11.6. The summed E-state index contributed by atoms with van der Waals surface area (Å²) in [5, 5.41) is 17.8. The molecule has 0 radical (unpaired) electrons. The van der Waals surface area contributed by atoms with Crippen molar-refractivity contribution in [1.29, 1.82) is 0 Å².